The van der Waals surface area contributed by atoms with Crippen LogP contribution in [0.15, 0.2) is 35.5 Å². The first-order valence-corrected chi connectivity index (χ1v) is 11.9. The normalized spacial score (nSPS) is 24.5. The number of hydrogen-bond donors (Lipinski definition) is 2. The first-order chi connectivity index (χ1) is 14.9. The standard InChI is InChI=1S/C23H28N2O5S/c1-3-11-30-16-8-6-7-15(12-16)23(9-4-5-10-23)22(29)24-17-19(26)25-18(21(27)28)14(2)13-31-20(17)25/h6-8,12,17,20H,3-5,9-11,13H2,1-2H3,(H,24,29)(H,27,28)/t17-,20+/m0/s1. The van der Waals surface area contributed by atoms with E-state index in [4.69, 9.17) is 4.74 Å². The van der Waals surface area contributed by atoms with Gasteiger partial charge < -0.3 is 15.2 Å². The van der Waals surface area contributed by atoms with E-state index in [0.717, 1.165) is 43.4 Å². The highest BCUT2D eigenvalue weighted by Gasteiger charge is 2.55. The molecule has 0 radical (unpaired) electrons. The average Bonchev–Trinajstić information content (AvgIpc) is 3.27. The number of fused-ring (bicyclic) bond motifs is 1. The van der Waals surface area contributed by atoms with Crippen LogP contribution in [0.4, 0.5) is 0 Å². The summed E-state index contributed by atoms with van der Waals surface area (Å²) in [5.74, 6) is -0.324. The second-order valence-corrected chi connectivity index (χ2v) is 9.57. The monoisotopic (exact) mass is 444 g/mol. The summed E-state index contributed by atoms with van der Waals surface area (Å²) in [6.07, 6.45) is 4.24. The molecule has 0 aromatic heterocycles. The van der Waals surface area contributed by atoms with E-state index in [-0.39, 0.29) is 22.9 Å². The molecular weight excluding hydrogens is 416 g/mol. The van der Waals surface area contributed by atoms with Crippen LogP contribution in [0.3, 0.4) is 0 Å². The number of ether oxygens (including phenoxy) is 1. The number of carboxylic acids is 1. The van der Waals surface area contributed by atoms with Crippen LogP contribution < -0.4 is 10.1 Å². The van der Waals surface area contributed by atoms with Crippen LogP contribution in [0.1, 0.15) is 51.5 Å². The maximum atomic E-state index is 13.5. The van der Waals surface area contributed by atoms with Crippen molar-refractivity contribution in [3.8, 4) is 5.75 Å². The number of hydrogen-bond acceptors (Lipinski definition) is 5. The largest absolute Gasteiger partial charge is 0.494 e. The number of carboxylic acid groups (broad SMARTS) is 1. The van der Waals surface area contributed by atoms with Crippen molar-refractivity contribution in [2.24, 2.45) is 0 Å². The summed E-state index contributed by atoms with van der Waals surface area (Å²) in [7, 11) is 0. The van der Waals surface area contributed by atoms with E-state index >= 15 is 0 Å². The predicted octanol–water partition coefficient (Wildman–Crippen LogP) is 3.05. The number of thioether (sulfide) groups is 1. The Morgan fingerprint density at radius 1 is 1.32 bits per heavy atom. The molecule has 1 aromatic rings. The van der Waals surface area contributed by atoms with Crippen molar-refractivity contribution >= 4 is 29.5 Å². The summed E-state index contributed by atoms with van der Waals surface area (Å²) >= 11 is 1.49. The van der Waals surface area contributed by atoms with E-state index < -0.39 is 17.4 Å². The number of β-lactam (4-membered cyclic amide) rings is 1. The molecule has 2 amide bonds. The van der Waals surface area contributed by atoms with Crippen LogP contribution in [0, 0.1) is 0 Å². The minimum Gasteiger partial charge on any atom is -0.494 e. The Morgan fingerprint density at radius 2 is 2.06 bits per heavy atom. The van der Waals surface area contributed by atoms with Gasteiger partial charge >= 0.3 is 5.97 Å². The zero-order valence-corrected chi connectivity index (χ0v) is 18.7. The smallest absolute Gasteiger partial charge is 0.352 e. The minimum absolute atomic E-state index is 0.0515. The average molecular weight is 445 g/mol. The summed E-state index contributed by atoms with van der Waals surface area (Å²) in [5.41, 5.74) is 0.948. The molecule has 0 spiro atoms. The van der Waals surface area contributed by atoms with E-state index in [1.807, 2.05) is 31.2 Å². The molecule has 0 bridgehead atoms. The molecule has 2 N–H and O–H groups in total. The van der Waals surface area contributed by atoms with Crippen LogP contribution in [0.5, 0.6) is 5.75 Å². The number of benzene rings is 1. The van der Waals surface area contributed by atoms with Gasteiger partial charge in [-0.15, -0.1) is 11.8 Å². The fourth-order valence-electron chi connectivity index (χ4n) is 4.78. The number of aliphatic carboxylic acids is 1. The molecule has 2 atom stereocenters. The van der Waals surface area contributed by atoms with Crippen molar-refractivity contribution in [2.75, 3.05) is 12.4 Å². The van der Waals surface area contributed by atoms with Crippen LogP contribution in [-0.2, 0) is 19.8 Å². The van der Waals surface area contributed by atoms with Crippen LogP contribution >= 0.6 is 11.8 Å². The lowest BCUT2D eigenvalue weighted by atomic mass is 9.77. The maximum Gasteiger partial charge on any atom is 0.352 e. The lowest BCUT2D eigenvalue weighted by Crippen LogP contribution is -2.71. The molecular formula is C23H28N2O5S. The van der Waals surface area contributed by atoms with Gasteiger partial charge in [-0.2, -0.15) is 0 Å². The number of nitrogens with one attached hydrogen (secondary N) is 1. The molecule has 0 unspecified atom stereocenters. The third kappa shape index (κ3) is 3.71. The topological polar surface area (TPSA) is 95.9 Å². The highest BCUT2D eigenvalue weighted by molar-refractivity contribution is 8.00. The lowest BCUT2D eigenvalue weighted by Gasteiger charge is -2.50. The Balaban J connectivity index is 1.55. The first-order valence-electron chi connectivity index (χ1n) is 10.8. The molecule has 2 aliphatic heterocycles. The summed E-state index contributed by atoms with van der Waals surface area (Å²) < 4.78 is 5.77. The van der Waals surface area contributed by atoms with Crippen molar-refractivity contribution < 1.29 is 24.2 Å². The van der Waals surface area contributed by atoms with Gasteiger partial charge in [-0.3, -0.25) is 14.5 Å². The molecule has 7 nitrogen and oxygen atoms in total. The molecule has 1 saturated carbocycles. The molecule has 2 heterocycles. The molecule has 3 aliphatic rings. The summed E-state index contributed by atoms with van der Waals surface area (Å²) in [6, 6.07) is 7.01. The van der Waals surface area contributed by atoms with E-state index in [2.05, 4.69) is 5.32 Å². The summed E-state index contributed by atoms with van der Waals surface area (Å²) in [5, 5.41) is 12.1. The van der Waals surface area contributed by atoms with Gasteiger partial charge in [0.05, 0.1) is 12.0 Å². The SMILES string of the molecule is CCCOc1cccc(C2(C(=O)N[C@H]3C(=O)N4C(C(=O)O)=C(C)CS[C@H]34)CCCC2)c1. The number of carbonyl (C=O) groups excluding carboxylic acids is 2. The van der Waals surface area contributed by atoms with Gasteiger partial charge in [0.2, 0.25) is 5.91 Å². The van der Waals surface area contributed by atoms with Crippen molar-refractivity contribution in [1.82, 2.24) is 10.2 Å². The van der Waals surface area contributed by atoms with Crippen LogP contribution in [-0.4, -0.2) is 51.6 Å². The predicted molar refractivity (Wildman–Crippen MR) is 118 cm³/mol. The summed E-state index contributed by atoms with van der Waals surface area (Å²) in [4.78, 5) is 39.3. The highest BCUT2D eigenvalue weighted by atomic mass is 32.2. The lowest BCUT2D eigenvalue weighted by molar-refractivity contribution is -0.151. The highest BCUT2D eigenvalue weighted by Crippen LogP contribution is 2.44. The van der Waals surface area contributed by atoms with Gasteiger partial charge in [0.25, 0.3) is 5.91 Å². The second kappa shape index (κ2) is 8.57. The van der Waals surface area contributed by atoms with Crippen molar-refractivity contribution in [3.05, 3.63) is 41.1 Å². The minimum atomic E-state index is -1.10. The fraction of sp³-hybridized carbons (Fsp3) is 0.522. The van der Waals surface area contributed by atoms with Crippen LogP contribution in [0.2, 0.25) is 0 Å². The number of amides is 2. The summed E-state index contributed by atoms with van der Waals surface area (Å²) in [6.45, 7) is 4.39. The zero-order chi connectivity index (χ0) is 22.2. The molecule has 166 valence electrons. The van der Waals surface area contributed by atoms with E-state index in [9.17, 15) is 19.5 Å². The van der Waals surface area contributed by atoms with Gasteiger partial charge in [0.1, 0.15) is 22.9 Å². The number of rotatable bonds is 7. The molecule has 4 rings (SSSR count). The van der Waals surface area contributed by atoms with Gasteiger partial charge in [0, 0.05) is 5.75 Å². The Bertz CT molecular complexity index is 938. The van der Waals surface area contributed by atoms with Gasteiger partial charge in [0.15, 0.2) is 0 Å². The van der Waals surface area contributed by atoms with Gasteiger partial charge in [-0.25, -0.2) is 4.79 Å². The van der Waals surface area contributed by atoms with E-state index in [0.29, 0.717) is 17.9 Å². The molecule has 8 heteroatoms. The zero-order valence-electron chi connectivity index (χ0n) is 17.8. The van der Waals surface area contributed by atoms with Crippen LogP contribution in [0.25, 0.3) is 0 Å². The first kappa shape index (κ1) is 21.7. The van der Waals surface area contributed by atoms with E-state index in [1.54, 1.807) is 6.92 Å². The third-order valence-electron chi connectivity index (χ3n) is 6.40. The molecule has 31 heavy (non-hydrogen) atoms. The molecule has 2 fully saturated rings. The van der Waals surface area contributed by atoms with Crippen molar-refractivity contribution in [1.29, 1.82) is 0 Å². The third-order valence-corrected chi connectivity index (χ3v) is 7.82. The fourth-order valence-corrected chi connectivity index (χ4v) is 6.08. The van der Waals surface area contributed by atoms with Gasteiger partial charge in [-0.1, -0.05) is 31.9 Å². The van der Waals surface area contributed by atoms with E-state index in [1.165, 1.54) is 16.7 Å². The second-order valence-electron chi connectivity index (χ2n) is 8.46. The molecule has 1 aromatic carbocycles. The Labute approximate surface area is 186 Å². The molecule has 1 saturated heterocycles. The number of carbonyl (C=O) groups is 3. The Morgan fingerprint density at radius 3 is 2.74 bits per heavy atom. The van der Waals surface area contributed by atoms with Crippen molar-refractivity contribution in [2.45, 2.75) is 62.8 Å². The maximum absolute atomic E-state index is 13.5. The Hall–Kier alpha value is -2.48. The van der Waals surface area contributed by atoms with Crippen molar-refractivity contribution in [3.63, 3.8) is 0 Å². The molecule has 1 aliphatic carbocycles. The quantitative estimate of drug-likeness (QED) is 0.628. The Kier molecular flexibility index (Phi) is 6.01. The number of nitrogens with zero attached hydrogens (tertiary/aromatic N) is 1. The van der Waals surface area contributed by atoms with Gasteiger partial charge in [-0.05, 0) is 49.5 Å².